The average Bonchev–Trinajstić information content (AvgIpc) is 1.84. The summed E-state index contributed by atoms with van der Waals surface area (Å²) in [7, 11) is 0. The first-order chi connectivity index (χ1) is 5.19. The number of aliphatic imine (C=N–C) groups is 1. The van der Waals surface area contributed by atoms with Crippen molar-refractivity contribution < 1.29 is 0 Å². The van der Waals surface area contributed by atoms with Gasteiger partial charge in [0.1, 0.15) is 0 Å². The highest BCUT2D eigenvalue weighted by molar-refractivity contribution is 6.35. The van der Waals surface area contributed by atoms with E-state index in [-0.39, 0.29) is 10.4 Å². The molecule has 0 aromatic heterocycles. The molecule has 0 rings (SSSR count). The van der Waals surface area contributed by atoms with E-state index in [1.165, 1.54) is 0 Å². The second-order valence-corrected chi connectivity index (χ2v) is 5.25. The zero-order valence-corrected chi connectivity index (χ0v) is 9.79. The maximum atomic E-state index is 6.25. The zero-order chi connectivity index (χ0) is 9.99. The van der Waals surface area contributed by atoms with Crippen LogP contribution in [-0.2, 0) is 0 Å². The normalized spacial score (nSPS) is 19.1. The average molecular weight is 190 g/mol. The van der Waals surface area contributed by atoms with Crippen LogP contribution in [0.15, 0.2) is 4.99 Å². The minimum atomic E-state index is -0.271. The molecule has 0 amide bonds. The molecule has 1 unspecified atom stereocenters. The topological polar surface area (TPSA) is 12.4 Å². The highest BCUT2D eigenvalue weighted by Gasteiger charge is 2.23. The van der Waals surface area contributed by atoms with Crippen LogP contribution < -0.4 is 0 Å². The van der Waals surface area contributed by atoms with Gasteiger partial charge in [0.2, 0.25) is 0 Å². The van der Waals surface area contributed by atoms with Crippen molar-refractivity contribution >= 4 is 17.3 Å². The molecule has 1 nitrogen and oxygen atoms in total. The number of nitrogens with zero attached hydrogens (tertiary/aromatic N) is 1. The second-order valence-electron chi connectivity index (χ2n) is 4.42. The molecule has 1 atom stereocenters. The van der Waals surface area contributed by atoms with Gasteiger partial charge < -0.3 is 0 Å². The zero-order valence-electron chi connectivity index (χ0n) is 9.03. The lowest BCUT2D eigenvalue weighted by Crippen LogP contribution is -2.28. The summed E-state index contributed by atoms with van der Waals surface area (Å²) in [5, 5.41) is 0. The van der Waals surface area contributed by atoms with Crippen LogP contribution >= 0.6 is 11.6 Å². The summed E-state index contributed by atoms with van der Waals surface area (Å²) in [6, 6.07) is 0. The van der Waals surface area contributed by atoms with Gasteiger partial charge in [-0.3, -0.25) is 4.99 Å². The van der Waals surface area contributed by atoms with E-state index in [9.17, 15) is 0 Å². The Kier molecular flexibility index (Phi) is 3.77. The lowest BCUT2D eigenvalue weighted by atomic mass is 10.0. The van der Waals surface area contributed by atoms with Crippen molar-refractivity contribution in [3.63, 3.8) is 0 Å². The summed E-state index contributed by atoms with van der Waals surface area (Å²) >= 11 is 6.25. The summed E-state index contributed by atoms with van der Waals surface area (Å²) in [5.41, 5.74) is 1.01. The number of rotatable bonds is 2. The lowest BCUT2D eigenvalue weighted by Gasteiger charge is -2.23. The van der Waals surface area contributed by atoms with E-state index in [0.29, 0.717) is 0 Å². The Balaban J connectivity index is 4.59. The third-order valence-electron chi connectivity index (χ3n) is 1.92. The van der Waals surface area contributed by atoms with E-state index in [0.717, 1.165) is 12.1 Å². The first kappa shape index (κ1) is 12.0. The summed E-state index contributed by atoms with van der Waals surface area (Å²) in [6.07, 6.45) is 0.917. The molecule has 72 valence electrons. The predicted molar refractivity (Wildman–Crippen MR) is 57.4 cm³/mol. The molecule has 0 radical (unpaired) electrons. The summed E-state index contributed by atoms with van der Waals surface area (Å²) in [6.45, 7) is 12.3. The first-order valence-corrected chi connectivity index (χ1v) is 4.82. The summed E-state index contributed by atoms with van der Waals surface area (Å²) in [4.78, 5) is 4.27. The van der Waals surface area contributed by atoms with E-state index in [4.69, 9.17) is 11.6 Å². The minimum absolute atomic E-state index is 0.0184. The molecule has 0 heterocycles. The van der Waals surface area contributed by atoms with Gasteiger partial charge in [0.05, 0.1) is 10.4 Å². The van der Waals surface area contributed by atoms with Crippen LogP contribution in [0.1, 0.15) is 48.0 Å². The Morgan fingerprint density at radius 3 is 1.92 bits per heavy atom. The van der Waals surface area contributed by atoms with Gasteiger partial charge in [0.25, 0.3) is 0 Å². The Hall–Kier alpha value is -0.0400. The van der Waals surface area contributed by atoms with Crippen LogP contribution in [0, 0.1) is 0 Å². The number of hydrogen-bond acceptors (Lipinski definition) is 1. The molecule has 0 bridgehead atoms. The fraction of sp³-hybridized carbons (Fsp3) is 0.900. The molecule has 0 aliphatic carbocycles. The summed E-state index contributed by atoms with van der Waals surface area (Å²) < 4.78 is 0. The molecule has 0 spiro atoms. The van der Waals surface area contributed by atoms with Gasteiger partial charge in [0.15, 0.2) is 0 Å². The Labute approximate surface area is 81.2 Å². The van der Waals surface area contributed by atoms with Gasteiger partial charge in [-0.2, -0.15) is 0 Å². The van der Waals surface area contributed by atoms with Crippen molar-refractivity contribution in [1.82, 2.24) is 0 Å². The Bertz CT molecular complexity index is 175. The molecule has 0 aromatic carbocycles. The van der Waals surface area contributed by atoms with Crippen LogP contribution in [0.25, 0.3) is 0 Å². The van der Waals surface area contributed by atoms with Crippen molar-refractivity contribution in [2.45, 2.75) is 58.4 Å². The third-order valence-corrected chi connectivity index (χ3v) is 2.46. The monoisotopic (exact) mass is 189 g/mol. The summed E-state index contributed by atoms with van der Waals surface area (Å²) in [5.74, 6) is 0. The number of alkyl halides is 1. The molecule has 0 saturated carbocycles. The smallest absolute Gasteiger partial charge is 0.0789 e. The van der Waals surface area contributed by atoms with Gasteiger partial charge >= 0.3 is 0 Å². The number of halogens is 1. The molecule has 0 N–H and O–H groups in total. The van der Waals surface area contributed by atoms with Crippen LogP contribution in [-0.4, -0.2) is 16.1 Å². The fourth-order valence-corrected chi connectivity index (χ4v) is 0.918. The number of hydrogen-bond donors (Lipinski definition) is 0. The Morgan fingerprint density at radius 2 is 1.67 bits per heavy atom. The van der Waals surface area contributed by atoms with Crippen molar-refractivity contribution in [1.29, 1.82) is 0 Å². The van der Waals surface area contributed by atoms with Crippen LogP contribution in [0.4, 0.5) is 0 Å². The standard InChI is InChI=1S/C10H20ClN/c1-7-10(6,11)8(2)12-9(3,4)5/h7H2,1-6H3. The molecule has 0 aliphatic heterocycles. The van der Waals surface area contributed by atoms with Crippen molar-refractivity contribution in [3.8, 4) is 0 Å². The van der Waals surface area contributed by atoms with Crippen molar-refractivity contribution in [3.05, 3.63) is 0 Å². The van der Waals surface area contributed by atoms with Crippen LogP contribution in [0.5, 0.6) is 0 Å². The van der Waals surface area contributed by atoms with Crippen molar-refractivity contribution in [2.24, 2.45) is 4.99 Å². The van der Waals surface area contributed by atoms with Gasteiger partial charge in [-0.25, -0.2) is 0 Å². The minimum Gasteiger partial charge on any atom is -0.287 e. The molecule has 2 heteroatoms. The van der Waals surface area contributed by atoms with E-state index < -0.39 is 0 Å². The highest BCUT2D eigenvalue weighted by atomic mass is 35.5. The quantitative estimate of drug-likeness (QED) is 0.465. The van der Waals surface area contributed by atoms with Crippen LogP contribution in [0.3, 0.4) is 0 Å². The second kappa shape index (κ2) is 3.78. The van der Waals surface area contributed by atoms with E-state index in [1.54, 1.807) is 0 Å². The molecule has 0 aromatic rings. The van der Waals surface area contributed by atoms with Gasteiger partial charge in [-0.15, -0.1) is 11.6 Å². The van der Waals surface area contributed by atoms with Gasteiger partial charge in [-0.1, -0.05) is 6.92 Å². The molecule has 12 heavy (non-hydrogen) atoms. The van der Waals surface area contributed by atoms with E-state index >= 15 is 0 Å². The van der Waals surface area contributed by atoms with Gasteiger partial charge in [0, 0.05) is 5.71 Å². The third kappa shape index (κ3) is 4.10. The maximum Gasteiger partial charge on any atom is 0.0789 e. The molecule has 0 saturated heterocycles. The largest absolute Gasteiger partial charge is 0.287 e. The molecular formula is C10H20ClN. The molecular weight excluding hydrogens is 170 g/mol. The highest BCUT2D eigenvalue weighted by Crippen LogP contribution is 2.22. The Morgan fingerprint density at radius 1 is 1.25 bits per heavy atom. The van der Waals surface area contributed by atoms with E-state index in [1.807, 2.05) is 13.8 Å². The van der Waals surface area contributed by atoms with Crippen LogP contribution in [0.2, 0.25) is 0 Å². The predicted octanol–water partition coefficient (Wildman–Crippen LogP) is 3.65. The SMILES string of the molecule is CCC(C)(Cl)C(C)=NC(C)(C)C. The maximum absolute atomic E-state index is 6.25. The van der Waals surface area contributed by atoms with Gasteiger partial charge in [-0.05, 0) is 41.0 Å². The molecule has 0 fully saturated rings. The lowest BCUT2D eigenvalue weighted by molar-refractivity contribution is 0.575. The van der Waals surface area contributed by atoms with E-state index in [2.05, 4.69) is 32.7 Å². The fourth-order valence-electron chi connectivity index (χ4n) is 0.876. The first-order valence-electron chi connectivity index (χ1n) is 4.45. The van der Waals surface area contributed by atoms with Crippen molar-refractivity contribution in [2.75, 3.05) is 0 Å². The molecule has 0 aliphatic rings.